The molecule has 1 aliphatic carbocycles. The molecule has 11 heteroatoms. The van der Waals surface area contributed by atoms with Crippen LogP contribution in [0, 0.1) is 5.82 Å². The van der Waals surface area contributed by atoms with Gasteiger partial charge in [-0.3, -0.25) is 20.0 Å². The van der Waals surface area contributed by atoms with E-state index in [0.717, 1.165) is 61.0 Å². The largest absolute Gasteiger partial charge is 0.322 e. The predicted molar refractivity (Wildman–Crippen MR) is 128 cm³/mol. The summed E-state index contributed by atoms with van der Waals surface area (Å²) in [5.74, 6) is 1.68. The second-order valence-corrected chi connectivity index (χ2v) is 9.46. The smallest absolute Gasteiger partial charge is 0.229 e. The highest BCUT2D eigenvalue weighted by Crippen LogP contribution is 2.44. The molecule has 5 rings (SSSR count). The number of aromatic nitrogens is 3. The summed E-state index contributed by atoms with van der Waals surface area (Å²) in [5.41, 5.74) is 4.20. The van der Waals surface area contributed by atoms with E-state index >= 15 is 0 Å². The van der Waals surface area contributed by atoms with Crippen LogP contribution >= 0.6 is 0 Å². The van der Waals surface area contributed by atoms with E-state index in [1.54, 1.807) is 6.20 Å². The highest BCUT2D eigenvalue weighted by atomic mass is 32.2. The molecule has 0 bridgehead atoms. The number of fused-ring (bicyclic) bond motifs is 4. The van der Waals surface area contributed by atoms with Gasteiger partial charge in [0.2, 0.25) is 5.95 Å². The zero-order valence-electron chi connectivity index (χ0n) is 18.6. The first-order valence-electron chi connectivity index (χ1n) is 11.1. The molecule has 1 unspecified atom stereocenters. The Hall–Kier alpha value is -3.05. The molecule has 1 atom stereocenters. The zero-order valence-corrected chi connectivity index (χ0v) is 19.5. The fraction of sp³-hybridized carbons (Fsp3) is 0.409. The van der Waals surface area contributed by atoms with Gasteiger partial charge in [0.05, 0.1) is 10.6 Å². The first-order valence-corrected chi connectivity index (χ1v) is 12.3. The molecular formula is C22H27FN8OS. The number of hydrogen-bond acceptors (Lipinski definition) is 6. The summed E-state index contributed by atoms with van der Waals surface area (Å²) in [4.78, 5) is 14.1. The number of amidine groups is 1. The average molecular weight is 471 g/mol. The van der Waals surface area contributed by atoms with Crippen LogP contribution in [0.4, 0.5) is 21.8 Å². The number of hydrogen-bond donors (Lipinski definition) is 3. The van der Waals surface area contributed by atoms with Crippen molar-refractivity contribution in [2.45, 2.75) is 49.5 Å². The van der Waals surface area contributed by atoms with Gasteiger partial charge in [-0.1, -0.05) is 19.3 Å². The molecule has 3 heterocycles. The zero-order chi connectivity index (χ0) is 23.2. The van der Waals surface area contributed by atoms with Gasteiger partial charge in [-0.15, -0.1) is 0 Å². The molecule has 0 amide bonds. The van der Waals surface area contributed by atoms with Crippen molar-refractivity contribution in [3.8, 4) is 0 Å². The Bertz CT molecular complexity index is 1270. The Balaban J connectivity index is 1.62. The molecule has 2 aromatic heterocycles. The minimum atomic E-state index is -1.75. The Kier molecular flexibility index (Phi) is 5.53. The van der Waals surface area contributed by atoms with E-state index in [4.69, 9.17) is 10.1 Å². The normalized spacial score (nSPS) is 19.5. The highest BCUT2D eigenvalue weighted by molar-refractivity contribution is 7.82. The Labute approximate surface area is 193 Å². The minimum absolute atomic E-state index is 0.189. The van der Waals surface area contributed by atoms with Gasteiger partial charge < -0.3 is 5.32 Å². The molecule has 1 fully saturated rings. The van der Waals surface area contributed by atoms with Crippen LogP contribution < -0.4 is 20.9 Å². The van der Waals surface area contributed by atoms with Crippen LogP contribution in [0.15, 0.2) is 40.4 Å². The molecule has 0 saturated heterocycles. The number of nitrogens with two attached hydrogens (primary N) is 1. The summed E-state index contributed by atoms with van der Waals surface area (Å²) in [7, 11) is 0.0770. The molecule has 1 saturated carbocycles. The van der Waals surface area contributed by atoms with Crippen LogP contribution in [0.1, 0.15) is 39.0 Å². The minimum Gasteiger partial charge on any atom is -0.322 e. The van der Waals surface area contributed by atoms with Crippen LogP contribution in [0.3, 0.4) is 0 Å². The Morgan fingerprint density at radius 1 is 1.30 bits per heavy atom. The predicted octanol–water partition coefficient (Wildman–Crippen LogP) is 3.33. The molecule has 33 heavy (non-hydrogen) atoms. The molecule has 2 aliphatic rings. The lowest BCUT2D eigenvalue weighted by Gasteiger charge is -2.47. The standard InChI is InChI=1S/C22H27FN8OS/c1-3-30-18-11-14-13-26-21(27-17-8-7-15(33(24)32)12-16(17)23)28-19(14)31(18)22(20(25-2)29-30)9-5-4-6-10-22/h7-8,11-13H,3-6,9-10,24H2,1-2H3,(H,25,29)(H,26,27,28). The average Bonchev–Trinajstić information content (AvgIpc) is 3.21. The van der Waals surface area contributed by atoms with Gasteiger partial charge in [-0.25, -0.2) is 18.7 Å². The van der Waals surface area contributed by atoms with Crippen molar-refractivity contribution in [2.24, 2.45) is 10.1 Å². The van der Waals surface area contributed by atoms with E-state index < -0.39 is 16.8 Å². The number of aliphatic imine (C=N–C) groups is 1. The van der Waals surface area contributed by atoms with Crippen molar-refractivity contribution in [3.05, 3.63) is 36.3 Å². The molecule has 9 nitrogen and oxygen atoms in total. The molecule has 3 aromatic rings. The van der Waals surface area contributed by atoms with Crippen molar-refractivity contribution in [3.63, 3.8) is 0 Å². The van der Waals surface area contributed by atoms with E-state index in [-0.39, 0.29) is 22.1 Å². The summed E-state index contributed by atoms with van der Waals surface area (Å²) < 4.78 is 28.3. The fourth-order valence-electron chi connectivity index (χ4n) is 4.99. The summed E-state index contributed by atoms with van der Waals surface area (Å²) in [6.07, 6.45) is 7.13. The van der Waals surface area contributed by atoms with Crippen LogP contribution in [0.25, 0.3) is 11.0 Å². The van der Waals surface area contributed by atoms with Crippen molar-refractivity contribution in [1.82, 2.24) is 20.0 Å². The van der Waals surface area contributed by atoms with Crippen molar-refractivity contribution < 1.29 is 8.60 Å². The van der Waals surface area contributed by atoms with Gasteiger partial charge in [0.15, 0.2) is 0 Å². The number of rotatable bonds is 4. The third kappa shape index (κ3) is 3.55. The van der Waals surface area contributed by atoms with Gasteiger partial charge in [0.1, 0.15) is 39.6 Å². The molecule has 174 valence electrons. The molecule has 1 spiro atoms. The number of hydrazine groups is 1. The molecule has 1 aromatic carbocycles. The monoisotopic (exact) mass is 470 g/mol. The summed E-state index contributed by atoms with van der Waals surface area (Å²) in [5, 5.41) is 11.3. The lowest BCUT2D eigenvalue weighted by molar-refractivity contribution is 0.270. The van der Waals surface area contributed by atoms with E-state index in [1.165, 1.54) is 18.6 Å². The summed E-state index contributed by atoms with van der Waals surface area (Å²) >= 11 is 0. The van der Waals surface area contributed by atoms with E-state index in [1.807, 2.05) is 7.05 Å². The van der Waals surface area contributed by atoms with Crippen LogP contribution in [-0.4, -0.2) is 38.2 Å². The quantitative estimate of drug-likeness (QED) is 0.539. The maximum atomic E-state index is 14.6. The van der Waals surface area contributed by atoms with Crippen LogP contribution in [0.5, 0.6) is 0 Å². The van der Waals surface area contributed by atoms with Crippen LogP contribution in [-0.2, 0) is 16.5 Å². The van der Waals surface area contributed by atoms with Gasteiger partial charge in [-0.05, 0) is 44.0 Å². The number of nitrogens with zero attached hydrogens (tertiary/aromatic N) is 5. The topological polar surface area (TPSA) is 113 Å². The van der Waals surface area contributed by atoms with Gasteiger partial charge >= 0.3 is 0 Å². The second-order valence-electron chi connectivity index (χ2n) is 8.40. The number of benzene rings is 1. The van der Waals surface area contributed by atoms with Crippen molar-refractivity contribution >= 4 is 45.3 Å². The SMILES string of the molecule is CCN1NC(=NC)C2(CCCCC2)n2c1cc1cnc(Nc3ccc(S(N)=O)cc3F)nc12. The number of anilines is 3. The maximum Gasteiger partial charge on any atom is 0.229 e. The van der Waals surface area contributed by atoms with Crippen molar-refractivity contribution in [1.29, 1.82) is 0 Å². The third-order valence-electron chi connectivity index (χ3n) is 6.55. The summed E-state index contributed by atoms with van der Waals surface area (Å²) in [6.45, 7) is 2.84. The molecule has 0 radical (unpaired) electrons. The lowest BCUT2D eigenvalue weighted by atomic mass is 9.79. The highest BCUT2D eigenvalue weighted by Gasteiger charge is 2.45. The van der Waals surface area contributed by atoms with Crippen LogP contribution in [0.2, 0.25) is 0 Å². The van der Waals surface area contributed by atoms with Gasteiger partial charge in [0, 0.05) is 25.2 Å². The first kappa shape index (κ1) is 21.8. The summed E-state index contributed by atoms with van der Waals surface area (Å²) in [6, 6.07) is 6.25. The number of halogens is 1. The van der Waals surface area contributed by atoms with Gasteiger partial charge in [-0.2, -0.15) is 4.98 Å². The molecular weight excluding hydrogens is 443 g/mol. The second kappa shape index (κ2) is 8.38. The Morgan fingerprint density at radius 2 is 2.09 bits per heavy atom. The molecule has 4 N–H and O–H groups in total. The van der Waals surface area contributed by atoms with E-state index in [2.05, 4.69) is 43.3 Å². The van der Waals surface area contributed by atoms with E-state index in [9.17, 15) is 8.60 Å². The molecule has 1 aliphatic heterocycles. The number of nitrogens with one attached hydrogen (secondary N) is 2. The van der Waals surface area contributed by atoms with E-state index in [0.29, 0.717) is 0 Å². The maximum absolute atomic E-state index is 14.6. The third-order valence-corrected chi connectivity index (χ3v) is 7.27. The lowest BCUT2D eigenvalue weighted by Crippen LogP contribution is -2.60. The van der Waals surface area contributed by atoms with Crippen molar-refractivity contribution in [2.75, 3.05) is 23.9 Å². The fourth-order valence-corrected chi connectivity index (χ4v) is 5.41. The Morgan fingerprint density at radius 3 is 2.76 bits per heavy atom. The van der Waals surface area contributed by atoms with Gasteiger partial charge in [0.25, 0.3) is 0 Å². The first-order chi connectivity index (χ1) is 16.0.